The number of carbonyl (C=O) groups is 1. The second kappa shape index (κ2) is 5.08. The largest absolute Gasteiger partial charge is 0.475 e. The van der Waals surface area contributed by atoms with Crippen molar-refractivity contribution in [3.8, 4) is 0 Å². The van der Waals surface area contributed by atoms with Crippen LogP contribution in [0.3, 0.4) is 0 Å². The maximum absolute atomic E-state index is 13.4. The first-order chi connectivity index (χ1) is 9.32. The fourth-order valence-corrected chi connectivity index (χ4v) is 1.62. The maximum atomic E-state index is 13.4. The lowest BCUT2D eigenvalue weighted by Gasteiger charge is -2.09. The quantitative estimate of drug-likeness (QED) is 0.493. The monoisotopic (exact) mass is 292 g/mol. The molecule has 0 spiro atoms. The topological polar surface area (TPSA) is 70.9 Å². The van der Waals surface area contributed by atoms with Gasteiger partial charge in [-0.05, 0) is 18.2 Å². The van der Waals surface area contributed by atoms with Crippen LogP contribution in [0.1, 0.15) is 11.1 Å². The average Bonchev–Trinajstić information content (AvgIpc) is 2.85. The number of alkyl halides is 3. The number of hydrogen-bond acceptors (Lipinski definition) is 4. The van der Waals surface area contributed by atoms with Crippen molar-refractivity contribution >= 4 is 11.8 Å². The first-order valence-electron chi connectivity index (χ1n) is 5.34. The standard InChI is InChI=1S/C11H8F4N2O3/c12-7-3-5(1-2-6(7)11(13,14)15)10-16-8(4-20-10)9(18)17-19/h1-3,8,19H,4H2,(H,17,18). The number of carbonyl (C=O) groups excluding carboxylic acids is 1. The third-order valence-electron chi connectivity index (χ3n) is 2.59. The molecular formula is C11H8F4N2O3. The van der Waals surface area contributed by atoms with E-state index in [9.17, 15) is 22.4 Å². The molecule has 0 aliphatic carbocycles. The van der Waals surface area contributed by atoms with Crippen molar-refractivity contribution < 1.29 is 32.3 Å². The van der Waals surface area contributed by atoms with E-state index in [1.807, 2.05) is 0 Å². The average molecular weight is 292 g/mol. The molecule has 0 radical (unpaired) electrons. The van der Waals surface area contributed by atoms with Crippen LogP contribution in [0.4, 0.5) is 17.6 Å². The van der Waals surface area contributed by atoms with E-state index in [1.54, 1.807) is 0 Å². The molecule has 1 aliphatic rings. The lowest BCUT2D eigenvalue weighted by Crippen LogP contribution is -2.31. The van der Waals surface area contributed by atoms with Crippen molar-refractivity contribution in [3.63, 3.8) is 0 Å². The number of aliphatic imine (C=N–C) groups is 1. The van der Waals surface area contributed by atoms with Gasteiger partial charge >= 0.3 is 6.18 Å². The molecule has 0 aromatic heterocycles. The number of halogens is 4. The van der Waals surface area contributed by atoms with E-state index in [-0.39, 0.29) is 18.1 Å². The van der Waals surface area contributed by atoms with E-state index in [4.69, 9.17) is 9.94 Å². The summed E-state index contributed by atoms with van der Waals surface area (Å²) in [7, 11) is 0. The van der Waals surface area contributed by atoms with Crippen molar-refractivity contribution in [1.82, 2.24) is 5.48 Å². The van der Waals surface area contributed by atoms with Gasteiger partial charge < -0.3 is 4.74 Å². The summed E-state index contributed by atoms with van der Waals surface area (Å²) in [4.78, 5) is 14.8. The van der Waals surface area contributed by atoms with Crippen molar-refractivity contribution in [2.24, 2.45) is 4.99 Å². The molecular weight excluding hydrogens is 284 g/mol. The van der Waals surface area contributed by atoms with Gasteiger partial charge in [0, 0.05) is 5.56 Å². The zero-order valence-corrected chi connectivity index (χ0v) is 9.74. The minimum absolute atomic E-state index is 0.0243. The van der Waals surface area contributed by atoms with Crippen molar-refractivity contribution in [2.75, 3.05) is 6.61 Å². The zero-order chi connectivity index (χ0) is 14.9. The highest BCUT2D eigenvalue weighted by molar-refractivity contribution is 5.98. The van der Waals surface area contributed by atoms with Gasteiger partial charge in [0.25, 0.3) is 5.91 Å². The highest BCUT2D eigenvalue weighted by atomic mass is 19.4. The molecule has 20 heavy (non-hydrogen) atoms. The summed E-state index contributed by atoms with van der Waals surface area (Å²) in [5.41, 5.74) is -0.0525. The number of nitrogens with zero attached hydrogens (tertiary/aromatic N) is 1. The normalized spacial score (nSPS) is 18.4. The van der Waals surface area contributed by atoms with Crippen molar-refractivity contribution in [1.29, 1.82) is 0 Å². The Morgan fingerprint density at radius 1 is 1.45 bits per heavy atom. The molecule has 0 bridgehead atoms. The Morgan fingerprint density at radius 3 is 2.70 bits per heavy atom. The predicted octanol–water partition coefficient (Wildman–Crippen LogP) is 1.50. The molecule has 1 unspecified atom stereocenters. The third kappa shape index (κ3) is 2.72. The number of benzene rings is 1. The summed E-state index contributed by atoms with van der Waals surface area (Å²) in [5.74, 6) is -2.45. The van der Waals surface area contributed by atoms with Gasteiger partial charge in [-0.3, -0.25) is 10.0 Å². The summed E-state index contributed by atoms with van der Waals surface area (Å²) in [6.07, 6.45) is -4.79. The number of rotatable bonds is 2. The number of amides is 1. The number of hydroxylamine groups is 1. The molecule has 9 heteroatoms. The molecule has 1 aromatic rings. The van der Waals surface area contributed by atoms with E-state index in [1.165, 1.54) is 5.48 Å². The first-order valence-corrected chi connectivity index (χ1v) is 5.34. The van der Waals surface area contributed by atoms with Crippen LogP contribution in [-0.2, 0) is 15.7 Å². The van der Waals surface area contributed by atoms with Gasteiger partial charge in [-0.1, -0.05) is 0 Å². The van der Waals surface area contributed by atoms with Crippen LogP contribution in [0.5, 0.6) is 0 Å². The fraction of sp³-hybridized carbons (Fsp3) is 0.273. The molecule has 2 N–H and O–H groups in total. The van der Waals surface area contributed by atoms with Crippen LogP contribution in [0.2, 0.25) is 0 Å². The van der Waals surface area contributed by atoms with E-state index < -0.39 is 29.5 Å². The van der Waals surface area contributed by atoms with Crippen molar-refractivity contribution in [3.05, 3.63) is 35.1 Å². The Hall–Kier alpha value is -2.16. The minimum atomic E-state index is -4.79. The lowest BCUT2D eigenvalue weighted by molar-refractivity contribution is -0.140. The van der Waals surface area contributed by atoms with Crippen LogP contribution in [0.25, 0.3) is 0 Å². The van der Waals surface area contributed by atoms with E-state index in [0.29, 0.717) is 12.1 Å². The summed E-state index contributed by atoms with van der Waals surface area (Å²) >= 11 is 0. The van der Waals surface area contributed by atoms with Crippen LogP contribution >= 0.6 is 0 Å². The summed E-state index contributed by atoms with van der Waals surface area (Å²) in [5, 5.41) is 8.41. The third-order valence-corrected chi connectivity index (χ3v) is 2.59. The summed E-state index contributed by atoms with van der Waals surface area (Å²) < 4.78 is 55.5. The van der Waals surface area contributed by atoms with Crippen LogP contribution in [-0.4, -0.2) is 29.7 Å². The maximum Gasteiger partial charge on any atom is 0.419 e. The second-order valence-corrected chi connectivity index (χ2v) is 3.93. The molecule has 1 atom stereocenters. The highest BCUT2D eigenvalue weighted by Crippen LogP contribution is 2.31. The van der Waals surface area contributed by atoms with Crippen molar-refractivity contribution in [2.45, 2.75) is 12.2 Å². The van der Waals surface area contributed by atoms with Gasteiger partial charge in [0.1, 0.15) is 12.4 Å². The molecule has 1 aliphatic heterocycles. The molecule has 0 saturated heterocycles. The summed E-state index contributed by atoms with van der Waals surface area (Å²) in [6, 6.07) is 1.15. The lowest BCUT2D eigenvalue weighted by atomic mass is 10.1. The van der Waals surface area contributed by atoms with Gasteiger partial charge in [-0.25, -0.2) is 14.9 Å². The molecule has 108 valence electrons. The Balaban J connectivity index is 2.28. The number of nitrogens with one attached hydrogen (secondary N) is 1. The molecule has 5 nitrogen and oxygen atoms in total. The predicted molar refractivity (Wildman–Crippen MR) is 57.6 cm³/mol. The van der Waals surface area contributed by atoms with Gasteiger partial charge in [-0.2, -0.15) is 13.2 Å². The molecule has 1 aromatic carbocycles. The molecule has 2 rings (SSSR count). The Labute approximate surface area is 109 Å². The van der Waals surface area contributed by atoms with Gasteiger partial charge in [-0.15, -0.1) is 0 Å². The molecule has 1 heterocycles. The second-order valence-electron chi connectivity index (χ2n) is 3.93. The number of ether oxygens (including phenoxy) is 1. The van der Waals surface area contributed by atoms with Gasteiger partial charge in [0.2, 0.25) is 5.90 Å². The minimum Gasteiger partial charge on any atom is -0.475 e. The summed E-state index contributed by atoms with van der Waals surface area (Å²) in [6.45, 7) is -0.190. The Kier molecular flexibility index (Phi) is 3.62. The molecule has 0 fully saturated rings. The highest BCUT2D eigenvalue weighted by Gasteiger charge is 2.34. The number of hydrogen-bond donors (Lipinski definition) is 2. The van der Waals surface area contributed by atoms with Crippen LogP contribution in [0, 0.1) is 5.82 Å². The van der Waals surface area contributed by atoms with E-state index >= 15 is 0 Å². The Morgan fingerprint density at radius 2 is 2.15 bits per heavy atom. The fourth-order valence-electron chi connectivity index (χ4n) is 1.62. The SMILES string of the molecule is O=C(NO)C1COC(c2ccc(C(F)(F)F)c(F)c2)=N1. The smallest absolute Gasteiger partial charge is 0.419 e. The van der Waals surface area contributed by atoms with Gasteiger partial charge in [0.05, 0.1) is 5.56 Å². The van der Waals surface area contributed by atoms with E-state index in [0.717, 1.165) is 6.07 Å². The van der Waals surface area contributed by atoms with Crippen LogP contribution < -0.4 is 5.48 Å². The zero-order valence-electron chi connectivity index (χ0n) is 9.74. The van der Waals surface area contributed by atoms with E-state index in [2.05, 4.69) is 4.99 Å². The first kappa shape index (κ1) is 14.3. The Bertz CT molecular complexity index is 571. The molecule has 0 saturated carbocycles. The molecule has 1 amide bonds. The van der Waals surface area contributed by atoms with Gasteiger partial charge in [0.15, 0.2) is 6.04 Å². The van der Waals surface area contributed by atoms with Crippen LogP contribution in [0.15, 0.2) is 23.2 Å².